The average Bonchev–Trinajstić information content (AvgIpc) is 3.19. The summed E-state index contributed by atoms with van der Waals surface area (Å²) in [5.74, 6) is 0. The molecular weight excluding hydrogens is 456 g/mol. The Kier molecular flexibility index (Phi) is 5.39. The van der Waals surface area contributed by atoms with E-state index in [1.165, 1.54) is 50.1 Å². The summed E-state index contributed by atoms with van der Waals surface area (Å²) in [6.45, 7) is 6.88. The summed E-state index contributed by atoms with van der Waals surface area (Å²) in [5, 5.41) is 0.759. The Bertz CT molecular complexity index is 1500. The lowest BCUT2D eigenvalue weighted by Crippen LogP contribution is -2.29. The Balaban J connectivity index is 1.86. The van der Waals surface area contributed by atoms with Crippen molar-refractivity contribution >= 4 is 11.6 Å². The first-order valence-corrected chi connectivity index (χ1v) is 12.9. The second kappa shape index (κ2) is 8.50. The normalized spacial score (nSPS) is 13.8. The van der Waals surface area contributed by atoms with Crippen LogP contribution in [-0.4, -0.2) is 0 Å². The molecule has 176 valence electrons. The van der Waals surface area contributed by atoms with Crippen LogP contribution in [0.4, 0.5) is 0 Å². The van der Waals surface area contributed by atoms with Crippen LogP contribution in [0.3, 0.4) is 0 Å². The van der Waals surface area contributed by atoms with E-state index in [9.17, 15) is 0 Å². The number of halogens is 1. The minimum Gasteiger partial charge on any atom is -0.0843 e. The van der Waals surface area contributed by atoms with E-state index in [2.05, 4.69) is 136 Å². The molecule has 5 aromatic carbocycles. The monoisotopic (exact) mass is 484 g/mol. The fourth-order valence-corrected chi connectivity index (χ4v) is 6.05. The molecule has 0 aliphatic heterocycles. The summed E-state index contributed by atoms with van der Waals surface area (Å²) in [5.41, 5.74) is 11.0. The van der Waals surface area contributed by atoms with Crippen molar-refractivity contribution < 1.29 is 0 Å². The van der Waals surface area contributed by atoms with Gasteiger partial charge >= 0.3 is 0 Å². The van der Waals surface area contributed by atoms with Gasteiger partial charge in [-0.2, -0.15) is 0 Å². The second-order valence-electron chi connectivity index (χ2n) is 10.7. The molecule has 6 rings (SSSR count). The largest absolute Gasteiger partial charge is 0.0843 e. The first-order chi connectivity index (χ1) is 17.4. The van der Waals surface area contributed by atoms with E-state index < -0.39 is 5.41 Å². The van der Waals surface area contributed by atoms with Crippen molar-refractivity contribution in [2.24, 2.45) is 0 Å². The van der Waals surface area contributed by atoms with Crippen molar-refractivity contribution in [3.63, 3.8) is 0 Å². The van der Waals surface area contributed by atoms with Gasteiger partial charge in [0, 0.05) is 5.02 Å². The van der Waals surface area contributed by atoms with E-state index in [1.807, 2.05) is 6.07 Å². The molecule has 0 saturated heterocycles. The van der Waals surface area contributed by atoms with E-state index in [0.29, 0.717) is 0 Å². The lowest BCUT2D eigenvalue weighted by Gasteiger charge is -2.36. The number of rotatable bonds is 3. The van der Waals surface area contributed by atoms with E-state index in [1.54, 1.807) is 0 Å². The minimum absolute atomic E-state index is 0.00981. The molecule has 0 N–H and O–H groups in total. The molecule has 5 aromatic rings. The van der Waals surface area contributed by atoms with Crippen molar-refractivity contribution in [1.29, 1.82) is 0 Å². The summed E-state index contributed by atoms with van der Waals surface area (Å²) in [4.78, 5) is 0. The van der Waals surface area contributed by atoms with Crippen molar-refractivity contribution in [3.8, 4) is 22.3 Å². The van der Waals surface area contributed by atoms with Gasteiger partial charge in [0.2, 0.25) is 0 Å². The Morgan fingerprint density at radius 2 is 1.08 bits per heavy atom. The van der Waals surface area contributed by atoms with Gasteiger partial charge in [-0.1, -0.05) is 142 Å². The van der Waals surface area contributed by atoms with Gasteiger partial charge in [0.05, 0.1) is 5.41 Å². The highest BCUT2D eigenvalue weighted by atomic mass is 35.5. The van der Waals surface area contributed by atoms with Gasteiger partial charge in [-0.3, -0.25) is 0 Å². The van der Waals surface area contributed by atoms with E-state index in [0.717, 1.165) is 5.02 Å². The molecule has 1 aliphatic carbocycles. The molecule has 0 radical (unpaired) electrons. The van der Waals surface area contributed by atoms with E-state index in [4.69, 9.17) is 11.6 Å². The molecule has 0 unspecified atom stereocenters. The maximum Gasteiger partial charge on any atom is 0.0720 e. The zero-order chi connectivity index (χ0) is 24.9. The summed E-state index contributed by atoms with van der Waals surface area (Å²) in [7, 11) is 0. The van der Waals surface area contributed by atoms with Crippen molar-refractivity contribution in [1.82, 2.24) is 0 Å². The number of hydrogen-bond donors (Lipinski definition) is 0. The predicted molar refractivity (Wildman–Crippen MR) is 153 cm³/mol. The molecule has 36 heavy (non-hydrogen) atoms. The van der Waals surface area contributed by atoms with Crippen molar-refractivity contribution in [2.75, 3.05) is 0 Å². The Morgan fingerprint density at radius 3 is 1.64 bits per heavy atom. The average molecular weight is 485 g/mol. The van der Waals surface area contributed by atoms with Gasteiger partial charge in [0.1, 0.15) is 0 Å². The highest BCUT2D eigenvalue weighted by molar-refractivity contribution is 6.30. The third kappa shape index (κ3) is 3.44. The molecule has 0 aromatic heterocycles. The number of hydrogen-bond acceptors (Lipinski definition) is 0. The van der Waals surface area contributed by atoms with Crippen LogP contribution in [0, 0.1) is 0 Å². The molecule has 0 saturated carbocycles. The van der Waals surface area contributed by atoms with Gasteiger partial charge < -0.3 is 0 Å². The second-order valence-corrected chi connectivity index (χ2v) is 11.2. The first-order valence-electron chi connectivity index (χ1n) is 12.6. The van der Waals surface area contributed by atoms with Crippen LogP contribution in [0.15, 0.2) is 121 Å². The molecule has 0 nitrogen and oxygen atoms in total. The summed E-state index contributed by atoms with van der Waals surface area (Å²) < 4.78 is 0. The lowest BCUT2D eigenvalue weighted by molar-refractivity contribution is 0.590. The highest BCUT2D eigenvalue weighted by Gasteiger charge is 2.48. The van der Waals surface area contributed by atoms with Gasteiger partial charge in [0.15, 0.2) is 0 Å². The predicted octanol–water partition coefficient (Wildman–Crippen LogP) is 9.67. The molecule has 0 atom stereocenters. The fourth-order valence-electron chi connectivity index (χ4n) is 5.88. The molecule has 0 amide bonds. The smallest absolute Gasteiger partial charge is 0.0720 e. The van der Waals surface area contributed by atoms with Gasteiger partial charge in [-0.25, -0.2) is 0 Å². The summed E-state index contributed by atoms with van der Waals surface area (Å²) in [6.07, 6.45) is 0. The van der Waals surface area contributed by atoms with Crippen molar-refractivity contribution in [3.05, 3.63) is 154 Å². The molecule has 0 bridgehead atoms. The van der Waals surface area contributed by atoms with Crippen molar-refractivity contribution in [2.45, 2.75) is 31.6 Å². The van der Waals surface area contributed by atoms with Crippen LogP contribution in [0.5, 0.6) is 0 Å². The first kappa shape index (κ1) is 22.8. The molecule has 0 heterocycles. The zero-order valence-electron chi connectivity index (χ0n) is 20.9. The maximum absolute atomic E-state index is 6.73. The SMILES string of the molecule is CC(C)(C)c1cc(-c2ccccc2)c2c(c1)-c1ccc(Cl)cc1C2(c1ccccc1)c1ccccc1. The quantitative estimate of drug-likeness (QED) is 0.234. The highest BCUT2D eigenvalue weighted by Crippen LogP contribution is 2.59. The van der Waals surface area contributed by atoms with Gasteiger partial charge in [-0.05, 0) is 67.6 Å². The molecule has 1 heteroatoms. The van der Waals surface area contributed by atoms with Gasteiger partial charge in [-0.15, -0.1) is 0 Å². The topological polar surface area (TPSA) is 0 Å². The van der Waals surface area contributed by atoms with Crippen LogP contribution in [-0.2, 0) is 10.8 Å². The zero-order valence-corrected chi connectivity index (χ0v) is 21.7. The summed E-state index contributed by atoms with van der Waals surface area (Å²) >= 11 is 6.73. The number of benzene rings is 5. The molecule has 1 aliphatic rings. The Morgan fingerprint density at radius 1 is 0.556 bits per heavy atom. The lowest BCUT2D eigenvalue weighted by atomic mass is 9.65. The fraction of sp³-hybridized carbons (Fsp3) is 0.143. The maximum atomic E-state index is 6.73. The molecule has 0 spiro atoms. The van der Waals surface area contributed by atoms with Crippen LogP contribution >= 0.6 is 11.6 Å². The van der Waals surface area contributed by atoms with Gasteiger partial charge in [0.25, 0.3) is 0 Å². The van der Waals surface area contributed by atoms with Crippen LogP contribution < -0.4 is 0 Å². The minimum atomic E-state index is -0.486. The molecular formula is C35H29Cl. The van der Waals surface area contributed by atoms with Crippen LogP contribution in [0.25, 0.3) is 22.3 Å². The molecule has 0 fully saturated rings. The van der Waals surface area contributed by atoms with Crippen LogP contribution in [0.2, 0.25) is 5.02 Å². The van der Waals surface area contributed by atoms with Crippen LogP contribution in [0.1, 0.15) is 48.6 Å². The van der Waals surface area contributed by atoms with E-state index in [-0.39, 0.29) is 5.41 Å². The number of fused-ring (bicyclic) bond motifs is 3. The third-order valence-corrected chi connectivity index (χ3v) is 7.79. The summed E-state index contributed by atoms with van der Waals surface area (Å²) in [6, 6.07) is 43.9. The third-order valence-electron chi connectivity index (χ3n) is 7.55. The Labute approximate surface area is 219 Å². The Hall–Kier alpha value is -3.61. The van der Waals surface area contributed by atoms with E-state index >= 15 is 0 Å². The standard InChI is InChI=1S/C35H29Cl/c1-34(2,3)27-21-30(24-13-7-4-8-14-24)33-31(22-27)29-20-19-28(36)23-32(29)35(33,25-15-9-5-10-16-25)26-17-11-6-12-18-26/h4-23H,1-3H3.